The van der Waals surface area contributed by atoms with Crippen LogP contribution in [0, 0.1) is 11.8 Å². The second kappa shape index (κ2) is 18.8. The van der Waals surface area contributed by atoms with E-state index in [1.165, 1.54) is 0 Å². The molecule has 11 nitrogen and oxygen atoms in total. The summed E-state index contributed by atoms with van der Waals surface area (Å²) in [6, 6.07) is 0.0333. The Morgan fingerprint density at radius 1 is 1.31 bits per heavy atom. The van der Waals surface area contributed by atoms with E-state index in [2.05, 4.69) is 12.2 Å². The van der Waals surface area contributed by atoms with Crippen LogP contribution in [0.2, 0.25) is 0 Å². The molecule has 0 aromatic rings. The molecule has 0 bridgehead atoms. The number of rotatable bonds is 12. The number of carbonyl (C=O) groups is 2. The van der Waals surface area contributed by atoms with E-state index < -0.39 is 47.7 Å². The second-order valence-electron chi connectivity index (χ2n) is 14.9. The Balaban J connectivity index is 1.81. The van der Waals surface area contributed by atoms with E-state index in [4.69, 9.17) is 18.9 Å². The number of hydrogen-bond donors (Lipinski definition) is 4. The van der Waals surface area contributed by atoms with Crippen LogP contribution in [0.15, 0.2) is 36.0 Å². The molecule has 3 aliphatic heterocycles. The molecule has 280 valence electrons. The van der Waals surface area contributed by atoms with Crippen LogP contribution in [0.5, 0.6) is 0 Å². The van der Waals surface area contributed by atoms with Crippen molar-refractivity contribution in [2.24, 2.45) is 11.8 Å². The molecule has 3 aliphatic rings. The number of nitrogens with one attached hydrogen (secondary N) is 1. The van der Waals surface area contributed by atoms with Crippen molar-refractivity contribution in [3.05, 3.63) is 36.0 Å². The van der Waals surface area contributed by atoms with Crippen molar-refractivity contribution in [3.8, 4) is 0 Å². The summed E-state index contributed by atoms with van der Waals surface area (Å²) in [6.45, 7) is 15.5. The minimum Gasteiger partial charge on any atom is -0.457 e. The van der Waals surface area contributed by atoms with Gasteiger partial charge in [-0.2, -0.15) is 0 Å². The lowest BCUT2D eigenvalue weighted by Crippen LogP contribution is -2.49. The van der Waals surface area contributed by atoms with Crippen LogP contribution >= 0.6 is 0 Å². The van der Waals surface area contributed by atoms with Crippen molar-refractivity contribution in [1.82, 2.24) is 10.2 Å². The SMILES string of the molecule is CCCC1CNCCCN1C(=O)OC1/C=C/C(C)C(/C(C)=C/C=C/C(C)(O)CC2OC2C(C)C(O)CC)OC(=O)CC(O)CCC1(C)OC. The number of aliphatic hydroxyl groups is 3. The molecule has 49 heavy (non-hydrogen) atoms. The predicted molar refractivity (Wildman–Crippen MR) is 189 cm³/mol. The number of ether oxygens (including phenoxy) is 4. The average molecular weight is 693 g/mol. The summed E-state index contributed by atoms with van der Waals surface area (Å²) >= 11 is 0. The van der Waals surface area contributed by atoms with Gasteiger partial charge in [-0.25, -0.2) is 4.79 Å². The molecule has 0 radical (unpaired) electrons. The molecule has 1 amide bonds. The molecule has 11 unspecified atom stereocenters. The van der Waals surface area contributed by atoms with Gasteiger partial charge in [-0.3, -0.25) is 4.79 Å². The Hall–Kier alpha value is -2.28. The van der Waals surface area contributed by atoms with Gasteiger partial charge in [0.25, 0.3) is 0 Å². The smallest absolute Gasteiger partial charge is 0.410 e. The normalized spacial score (nSPS) is 35.2. The highest BCUT2D eigenvalue weighted by Crippen LogP contribution is 2.37. The first-order valence-corrected chi connectivity index (χ1v) is 18.4. The number of epoxide rings is 1. The zero-order valence-electron chi connectivity index (χ0n) is 31.1. The molecular weight excluding hydrogens is 628 g/mol. The van der Waals surface area contributed by atoms with Gasteiger partial charge < -0.3 is 44.5 Å². The Labute approximate surface area is 294 Å². The van der Waals surface area contributed by atoms with Crippen molar-refractivity contribution in [1.29, 1.82) is 0 Å². The first kappa shape index (κ1) is 41.1. The minimum atomic E-state index is -1.15. The summed E-state index contributed by atoms with van der Waals surface area (Å²) < 4.78 is 23.9. The molecule has 0 aromatic heterocycles. The van der Waals surface area contributed by atoms with E-state index in [0.29, 0.717) is 32.4 Å². The highest BCUT2D eigenvalue weighted by atomic mass is 16.6. The van der Waals surface area contributed by atoms with Gasteiger partial charge >= 0.3 is 12.1 Å². The summed E-state index contributed by atoms with van der Waals surface area (Å²) in [5.74, 6) is -0.841. The first-order valence-electron chi connectivity index (χ1n) is 18.4. The zero-order valence-corrected chi connectivity index (χ0v) is 31.1. The summed E-state index contributed by atoms with van der Waals surface area (Å²) in [4.78, 5) is 28.5. The van der Waals surface area contributed by atoms with E-state index in [0.717, 1.165) is 31.4 Å². The lowest BCUT2D eigenvalue weighted by atomic mass is 9.88. The van der Waals surface area contributed by atoms with Crippen molar-refractivity contribution in [2.75, 3.05) is 26.7 Å². The standard InChI is InChI=1S/C38H64N2O9/c1-9-13-28-24-39-20-12-21-40(28)36(44)48-32-16-15-26(4)34(49-33(43)22-29(41)17-19-38(32,7)46-8)25(3)14-11-18-37(6,45)23-31-35(47-31)27(5)30(42)10-2/h11,14-16,18,26-32,34-35,39,41-42,45H,9-10,12-13,17,19-24H2,1-8H3/b16-15+,18-11+,25-14+. The molecule has 2 fully saturated rings. The molecule has 0 aromatic carbocycles. The lowest BCUT2D eigenvalue weighted by molar-refractivity contribution is -0.151. The number of amides is 1. The van der Waals surface area contributed by atoms with Crippen LogP contribution in [-0.4, -0.2) is 113 Å². The van der Waals surface area contributed by atoms with Gasteiger partial charge in [-0.05, 0) is 71.1 Å². The van der Waals surface area contributed by atoms with Crippen molar-refractivity contribution in [3.63, 3.8) is 0 Å². The quantitative estimate of drug-likeness (QED) is 0.0970. The highest BCUT2D eigenvalue weighted by molar-refractivity contribution is 5.70. The van der Waals surface area contributed by atoms with Crippen molar-refractivity contribution < 1.29 is 43.9 Å². The largest absolute Gasteiger partial charge is 0.457 e. The molecule has 0 spiro atoms. The number of aliphatic hydroxyl groups excluding tert-OH is 2. The zero-order chi connectivity index (χ0) is 36.4. The summed E-state index contributed by atoms with van der Waals surface area (Å²) in [6.07, 6.45) is 9.67. The Bertz CT molecular complexity index is 1160. The molecule has 3 heterocycles. The third kappa shape index (κ3) is 12.2. The Morgan fingerprint density at radius 3 is 2.71 bits per heavy atom. The Kier molecular flexibility index (Phi) is 15.8. The number of carbonyl (C=O) groups excluding carboxylic acids is 2. The van der Waals surface area contributed by atoms with Crippen molar-refractivity contribution in [2.45, 2.75) is 154 Å². The topological polar surface area (TPSA) is 150 Å². The van der Waals surface area contributed by atoms with Crippen LogP contribution < -0.4 is 5.32 Å². The van der Waals surface area contributed by atoms with Crippen LogP contribution in [0.4, 0.5) is 4.79 Å². The monoisotopic (exact) mass is 692 g/mol. The first-order chi connectivity index (χ1) is 23.1. The van der Waals surface area contributed by atoms with Crippen LogP contribution in [0.25, 0.3) is 0 Å². The van der Waals surface area contributed by atoms with E-state index in [-0.39, 0.29) is 42.9 Å². The maximum atomic E-state index is 13.7. The predicted octanol–water partition coefficient (Wildman–Crippen LogP) is 4.83. The third-order valence-corrected chi connectivity index (χ3v) is 10.5. The van der Waals surface area contributed by atoms with Crippen LogP contribution in [0.1, 0.15) is 99.8 Å². The summed E-state index contributed by atoms with van der Waals surface area (Å²) in [5.41, 5.74) is -1.36. The number of nitrogens with zero attached hydrogens (tertiary/aromatic N) is 1. The maximum Gasteiger partial charge on any atom is 0.410 e. The van der Waals surface area contributed by atoms with Gasteiger partial charge in [-0.1, -0.05) is 58.4 Å². The minimum absolute atomic E-state index is 0.00442. The Morgan fingerprint density at radius 2 is 2.04 bits per heavy atom. The highest BCUT2D eigenvalue weighted by Gasteiger charge is 2.47. The number of methoxy groups -OCH3 is 1. The third-order valence-electron chi connectivity index (χ3n) is 10.5. The van der Waals surface area contributed by atoms with E-state index in [9.17, 15) is 24.9 Å². The maximum absolute atomic E-state index is 13.7. The van der Waals surface area contributed by atoms with Gasteiger partial charge in [-0.15, -0.1) is 0 Å². The van der Waals surface area contributed by atoms with E-state index >= 15 is 0 Å². The fourth-order valence-electron chi connectivity index (χ4n) is 6.95. The van der Waals surface area contributed by atoms with Gasteiger partial charge in [0.1, 0.15) is 11.7 Å². The molecule has 11 atom stereocenters. The molecule has 11 heteroatoms. The van der Waals surface area contributed by atoms with Crippen LogP contribution in [0.3, 0.4) is 0 Å². The van der Waals surface area contributed by atoms with Crippen molar-refractivity contribution >= 4 is 12.1 Å². The molecule has 2 saturated heterocycles. The number of cyclic esters (lactones) is 1. The molecular formula is C38H64N2O9. The molecule has 0 aliphatic carbocycles. The molecule has 4 N–H and O–H groups in total. The van der Waals surface area contributed by atoms with Gasteiger partial charge in [0, 0.05) is 44.5 Å². The number of esters is 1. The van der Waals surface area contributed by atoms with Gasteiger partial charge in [0.05, 0.1) is 36.4 Å². The lowest BCUT2D eigenvalue weighted by Gasteiger charge is -2.38. The van der Waals surface area contributed by atoms with Gasteiger partial charge in [0.2, 0.25) is 0 Å². The molecule has 3 rings (SSSR count). The number of allylic oxidation sites excluding steroid dienone is 2. The fourth-order valence-corrected chi connectivity index (χ4v) is 6.95. The summed E-state index contributed by atoms with van der Waals surface area (Å²) in [7, 11) is 1.57. The summed E-state index contributed by atoms with van der Waals surface area (Å²) in [5, 5.41) is 35.5. The van der Waals surface area contributed by atoms with Crippen LogP contribution in [-0.2, 0) is 23.7 Å². The second-order valence-corrected chi connectivity index (χ2v) is 14.9. The fraction of sp³-hybridized carbons (Fsp3) is 0.789. The van der Waals surface area contributed by atoms with Gasteiger partial charge in [0.15, 0.2) is 6.10 Å². The molecule has 0 saturated carbocycles. The average Bonchev–Trinajstić information content (AvgIpc) is 3.85. The van der Waals surface area contributed by atoms with E-state index in [1.807, 2.05) is 57.7 Å². The number of hydrogen-bond acceptors (Lipinski definition) is 10. The van der Waals surface area contributed by atoms with E-state index in [1.54, 1.807) is 26.2 Å².